The van der Waals surface area contributed by atoms with Crippen LogP contribution in [0.4, 0.5) is 0 Å². The van der Waals surface area contributed by atoms with Crippen molar-refractivity contribution < 1.29 is 5.11 Å². The Balaban J connectivity index is 2.56. The van der Waals surface area contributed by atoms with Gasteiger partial charge in [-0.2, -0.15) is 0 Å². The minimum Gasteiger partial charge on any atom is -0.392 e. The highest BCUT2D eigenvalue weighted by Crippen LogP contribution is 2.26. The molecule has 0 aliphatic rings. The van der Waals surface area contributed by atoms with E-state index in [9.17, 15) is 5.11 Å². The molecule has 3 heteroatoms. The predicted molar refractivity (Wildman–Crippen MR) is 65.8 cm³/mol. The number of thiophene rings is 1. The summed E-state index contributed by atoms with van der Waals surface area (Å²) in [6, 6.07) is 2.04. The molecule has 0 radical (unpaired) electrons. The van der Waals surface area contributed by atoms with Crippen molar-refractivity contribution >= 4 is 27.3 Å². The molecule has 1 rings (SSSR count). The van der Waals surface area contributed by atoms with E-state index < -0.39 is 0 Å². The molecule has 0 saturated carbocycles. The summed E-state index contributed by atoms with van der Waals surface area (Å²) in [6.45, 7) is 4.28. The van der Waals surface area contributed by atoms with E-state index in [4.69, 9.17) is 0 Å². The van der Waals surface area contributed by atoms with Gasteiger partial charge in [0.1, 0.15) is 0 Å². The van der Waals surface area contributed by atoms with Crippen LogP contribution in [-0.4, -0.2) is 11.2 Å². The molecule has 0 bridgehead atoms. The summed E-state index contributed by atoms with van der Waals surface area (Å²) in [6.07, 6.45) is 2.70. The Hall–Kier alpha value is 0.140. The molecular weight excluding hydrogens is 260 g/mol. The summed E-state index contributed by atoms with van der Waals surface area (Å²) >= 11 is 5.20. The Morgan fingerprint density at radius 1 is 1.43 bits per heavy atom. The molecule has 1 heterocycles. The van der Waals surface area contributed by atoms with Crippen molar-refractivity contribution in [1.82, 2.24) is 0 Å². The molecule has 0 saturated heterocycles. The molecule has 1 atom stereocenters. The highest BCUT2D eigenvalue weighted by atomic mass is 79.9. The normalized spacial score (nSPS) is 13.5. The monoisotopic (exact) mass is 276 g/mol. The van der Waals surface area contributed by atoms with Gasteiger partial charge in [-0.15, -0.1) is 11.3 Å². The second-order valence-corrected chi connectivity index (χ2v) is 5.39. The van der Waals surface area contributed by atoms with Gasteiger partial charge >= 0.3 is 0 Å². The second kappa shape index (κ2) is 5.89. The van der Waals surface area contributed by atoms with Gasteiger partial charge < -0.3 is 5.11 Å². The maximum atomic E-state index is 9.99. The lowest BCUT2D eigenvalue weighted by molar-refractivity contribution is 0.104. The van der Waals surface area contributed by atoms with E-state index in [0.29, 0.717) is 5.92 Å². The summed E-state index contributed by atoms with van der Waals surface area (Å²) in [5.41, 5.74) is 0. The summed E-state index contributed by atoms with van der Waals surface area (Å²) in [5.74, 6) is 0.434. The van der Waals surface area contributed by atoms with Crippen LogP contribution in [0.2, 0.25) is 0 Å². The highest BCUT2D eigenvalue weighted by molar-refractivity contribution is 9.10. The topological polar surface area (TPSA) is 20.2 Å². The van der Waals surface area contributed by atoms with E-state index in [2.05, 4.69) is 35.2 Å². The molecule has 80 valence electrons. The summed E-state index contributed by atoms with van der Waals surface area (Å²) in [4.78, 5) is 1.25. The highest BCUT2D eigenvalue weighted by Gasteiger charge is 2.17. The van der Waals surface area contributed by atoms with E-state index in [-0.39, 0.29) is 6.10 Å². The SMILES string of the molecule is CCC(CC)C(O)Cc1sccc1Br. The van der Waals surface area contributed by atoms with E-state index in [1.54, 1.807) is 11.3 Å². The predicted octanol–water partition coefficient (Wildman–Crippen LogP) is 3.85. The van der Waals surface area contributed by atoms with Gasteiger partial charge in [-0.1, -0.05) is 26.7 Å². The number of halogens is 1. The molecule has 0 fully saturated rings. The van der Waals surface area contributed by atoms with Gasteiger partial charge in [0, 0.05) is 15.8 Å². The lowest BCUT2D eigenvalue weighted by atomic mass is 9.94. The fourth-order valence-corrected chi connectivity index (χ4v) is 3.23. The lowest BCUT2D eigenvalue weighted by Crippen LogP contribution is -2.21. The van der Waals surface area contributed by atoms with Crippen LogP contribution in [0.15, 0.2) is 15.9 Å². The molecule has 14 heavy (non-hydrogen) atoms. The van der Waals surface area contributed by atoms with Gasteiger partial charge in [-0.3, -0.25) is 0 Å². The fraction of sp³-hybridized carbons (Fsp3) is 0.636. The maximum Gasteiger partial charge on any atom is 0.0616 e. The van der Waals surface area contributed by atoms with Crippen LogP contribution in [0.3, 0.4) is 0 Å². The van der Waals surface area contributed by atoms with Crippen LogP contribution in [0.5, 0.6) is 0 Å². The minimum absolute atomic E-state index is 0.194. The van der Waals surface area contributed by atoms with Crippen LogP contribution >= 0.6 is 27.3 Å². The molecule has 0 spiro atoms. The van der Waals surface area contributed by atoms with Crippen molar-refractivity contribution in [2.24, 2.45) is 5.92 Å². The van der Waals surface area contributed by atoms with Gasteiger partial charge in [0.25, 0.3) is 0 Å². The van der Waals surface area contributed by atoms with Crippen LogP contribution in [0, 0.1) is 5.92 Å². The summed E-state index contributed by atoms with van der Waals surface area (Å²) < 4.78 is 1.13. The van der Waals surface area contributed by atoms with Crippen LogP contribution in [-0.2, 0) is 6.42 Å². The zero-order valence-corrected chi connectivity index (χ0v) is 11.1. The third-order valence-electron chi connectivity index (χ3n) is 2.68. The Bertz CT molecular complexity index is 268. The molecule has 1 N–H and O–H groups in total. The number of rotatable bonds is 5. The molecule has 0 aromatic carbocycles. The third-order valence-corrected chi connectivity index (χ3v) is 4.63. The van der Waals surface area contributed by atoms with E-state index in [1.807, 2.05) is 6.07 Å². The first-order chi connectivity index (χ1) is 6.69. The van der Waals surface area contributed by atoms with Crippen molar-refractivity contribution in [2.45, 2.75) is 39.2 Å². The summed E-state index contributed by atoms with van der Waals surface area (Å²) in [5, 5.41) is 12.0. The molecule has 1 aromatic rings. The molecule has 1 nitrogen and oxygen atoms in total. The molecule has 0 aliphatic carbocycles. The van der Waals surface area contributed by atoms with Gasteiger partial charge in [-0.05, 0) is 33.3 Å². The number of aliphatic hydroxyl groups excluding tert-OH is 1. The van der Waals surface area contributed by atoms with E-state index in [1.165, 1.54) is 4.88 Å². The molecular formula is C11H17BrOS. The average Bonchev–Trinajstić information content (AvgIpc) is 2.54. The standard InChI is InChI=1S/C11H17BrOS/c1-3-8(4-2)10(13)7-11-9(12)5-6-14-11/h5-6,8,10,13H,3-4,7H2,1-2H3. The number of hydrogen-bond acceptors (Lipinski definition) is 2. The van der Waals surface area contributed by atoms with Gasteiger partial charge in [0.2, 0.25) is 0 Å². The zero-order valence-electron chi connectivity index (χ0n) is 8.66. The minimum atomic E-state index is -0.194. The van der Waals surface area contributed by atoms with Gasteiger partial charge in [-0.25, -0.2) is 0 Å². The van der Waals surface area contributed by atoms with Crippen molar-refractivity contribution in [3.8, 4) is 0 Å². The van der Waals surface area contributed by atoms with Crippen LogP contribution in [0.1, 0.15) is 31.6 Å². The van der Waals surface area contributed by atoms with Crippen molar-refractivity contribution in [3.05, 3.63) is 20.8 Å². The summed E-state index contributed by atoms with van der Waals surface area (Å²) in [7, 11) is 0. The van der Waals surface area contributed by atoms with Crippen molar-refractivity contribution in [3.63, 3.8) is 0 Å². The quantitative estimate of drug-likeness (QED) is 0.866. The zero-order chi connectivity index (χ0) is 10.6. The van der Waals surface area contributed by atoms with Crippen molar-refractivity contribution in [1.29, 1.82) is 0 Å². The Kier molecular flexibility index (Phi) is 5.13. The molecule has 1 aromatic heterocycles. The van der Waals surface area contributed by atoms with E-state index >= 15 is 0 Å². The Morgan fingerprint density at radius 2 is 2.07 bits per heavy atom. The van der Waals surface area contributed by atoms with E-state index in [0.717, 1.165) is 23.7 Å². The number of hydrogen-bond donors (Lipinski definition) is 1. The smallest absolute Gasteiger partial charge is 0.0616 e. The van der Waals surface area contributed by atoms with Crippen molar-refractivity contribution in [2.75, 3.05) is 0 Å². The maximum absolute atomic E-state index is 9.99. The third kappa shape index (κ3) is 3.07. The van der Waals surface area contributed by atoms with Crippen LogP contribution < -0.4 is 0 Å². The lowest BCUT2D eigenvalue weighted by Gasteiger charge is -2.19. The Morgan fingerprint density at radius 3 is 2.50 bits per heavy atom. The first-order valence-electron chi connectivity index (χ1n) is 5.08. The fourth-order valence-electron chi connectivity index (χ4n) is 1.66. The largest absolute Gasteiger partial charge is 0.392 e. The Labute approximate surface area is 98.3 Å². The number of aliphatic hydroxyl groups is 1. The molecule has 0 aliphatic heterocycles. The second-order valence-electron chi connectivity index (χ2n) is 3.54. The van der Waals surface area contributed by atoms with Gasteiger partial charge in [0.15, 0.2) is 0 Å². The average molecular weight is 277 g/mol. The van der Waals surface area contributed by atoms with Gasteiger partial charge in [0.05, 0.1) is 6.10 Å². The van der Waals surface area contributed by atoms with Crippen LogP contribution in [0.25, 0.3) is 0 Å². The molecule has 0 amide bonds. The molecule has 1 unspecified atom stereocenters. The first kappa shape index (κ1) is 12.2. The first-order valence-corrected chi connectivity index (χ1v) is 6.76.